The van der Waals surface area contributed by atoms with Crippen LogP contribution in [-0.2, 0) is 11.8 Å². The molecule has 4 rings (SSSR count). The third-order valence-electron chi connectivity index (χ3n) is 5.19. The number of nitrogens with zero attached hydrogens (tertiary/aromatic N) is 4. The standard InChI is InChI=1S/C22H25N5O3/c1-26-10-9-24-21(26)20(16-3-5-18(29-2)6-4-16)25-22(28)19-15-17(7-8-23-19)27-11-13-30-14-12-27/h3-10,15,20H,11-14H2,1-2H3,(H,25,28). The second kappa shape index (κ2) is 8.96. The van der Waals surface area contributed by atoms with E-state index in [9.17, 15) is 4.79 Å². The highest BCUT2D eigenvalue weighted by Crippen LogP contribution is 2.24. The molecule has 0 aliphatic carbocycles. The van der Waals surface area contributed by atoms with E-state index >= 15 is 0 Å². The fraction of sp³-hybridized carbons (Fsp3) is 0.318. The van der Waals surface area contributed by atoms with Crippen LogP contribution < -0.4 is 15.0 Å². The van der Waals surface area contributed by atoms with Crippen LogP contribution in [0.25, 0.3) is 0 Å². The molecule has 8 nitrogen and oxygen atoms in total. The molecule has 1 N–H and O–H groups in total. The van der Waals surface area contributed by atoms with E-state index in [0.717, 1.165) is 35.9 Å². The summed E-state index contributed by atoms with van der Waals surface area (Å²) < 4.78 is 12.6. The Morgan fingerprint density at radius 2 is 1.90 bits per heavy atom. The Balaban J connectivity index is 1.59. The number of rotatable bonds is 6. The summed E-state index contributed by atoms with van der Waals surface area (Å²) in [6, 6.07) is 10.9. The lowest BCUT2D eigenvalue weighted by atomic mass is 10.1. The zero-order chi connectivity index (χ0) is 20.9. The number of nitrogens with one attached hydrogen (secondary N) is 1. The molecule has 0 spiro atoms. The lowest BCUT2D eigenvalue weighted by molar-refractivity contribution is 0.0936. The maximum atomic E-state index is 13.1. The van der Waals surface area contributed by atoms with Gasteiger partial charge in [0.25, 0.3) is 5.91 Å². The maximum Gasteiger partial charge on any atom is 0.270 e. The van der Waals surface area contributed by atoms with Gasteiger partial charge in [0, 0.05) is 44.4 Å². The van der Waals surface area contributed by atoms with Crippen molar-refractivity contribution >= 4 is 11.6 Å². The van der Waals surface area contributed by atoms with Gasteiger partial charge in [0.1, 0.15) is 23.3 Å². The molecule has 0 bridgehead atoms. The van der Waals surface area contributed by atoms with E-state index in [1.165, 1.54) is 0 Å². The van der Waals surface area contributed by atoms with Crippen molar-refractivity contribution in [2.24, 2.45) is 7.05 Å². The van der Waals surface area contributed by atoms with E-state index in [1.807, 2.05) is 54.2 Å². The number of aromatic nitrogens is 3. The average molecular weight is 407 g/mol. The van der Waals surface area contributed by atoms with E-state index in [0.29, 0.717) is 18.9 Å². The van der Waals surface area contributed by atoms with Crippen LogP contribution in [0, 0.1) is 0 Å². The summed E-state index contributed by atoms with van der Waals surface area (Å²) >= 11 is 0. The first-order chi connectivity index (χ1) is 14.7. The molecule has 1 saturated heterocycles. The Morgan fingerprint density at radius 3 is 2.57 bits per heavy atom. The first-order valence-electron chi connectivity index (χ1n) is 9.86. The van der Waals surface area contributed by atoms with Gasteiger partial charge in [-0.3, -0.25) is 9.78 Å². The summed E-state index contributed by atoms with van der Waals surface area (Å²) in [7, 11) is 3.53. The molecule has 1 unspecified atom stereocenters. The van der Waals surface area contributed by atoms with Crippen LogP contribution in [0.5, 0.6) is 5.75 Å². The predicted molar refractivity (Wildman–Crippen MR) is 113 cm³/mol. The normalized spacial score (nSPS) is 14.9. The van der Waals surface area contributed by atoms with Gasteiger partial charge in [-0.15, -0.1) is 0 Å². The van der Waals surface area contributed by atoms with Crippen molar-refractivity contribution in [2.75, 3.05) is 38.3 Å². The second-order valence-corrected chi connectivity index (χ2v) is 7.07. The number of carbonyl (C=O) groups excluding carboxylic acids is 1. The van der Waals surface area contributed by atoms with Gasteiger partial charge in [0.15, 0.2) is 0 Å². The van der Waals surface area contributed by atoms with Crippen LogP contribution in [0.3, 0.4) is 0 Å². The highest BCUT2D eigenvalue weighted by atomic mass is 16.5. The van der Waals surface area contributed by atoms with Gasteiger partial charge in [-0.05, 0) is 29.8 Å². The highest BCUT2D eigenvalue weighted by molar-refractivity contribution is 5.93. The summed E-state index contributed by atoms with van der Waals surface area (Å²) in [5.74, 6) is 1.23. The first-order valence-corrected chi connectivity index (χ1v) is 9.86. The molecule has 8 heteroatoms. The Labute approximate surface area is 175 Å². The van der Waals surface area contributed by atoms with Gasteiger partial charge >= 0.3 is 0 Å². The van der Waals surface area contributed by atoms with Crippen molar-refractivity contribution in [2.45, 2.75) is 6.04 Å². The number of benzene rings is 1. The number of amides is 1. The molecule has 3 aromatic rings. The van der Waals surface area contributed by atoms with Crippen molar-refractivity contribution in [1.82, 2.24) is 19.9 Å². The van der Waals surface area contributed by atoms with Crippen LogP contribution in [0.15, 0.2) is 55.0 Å². The number of carbonyl (C=O) groups is 1. The molecule has 3 heterocycles. The Morgan fingerprint density at radius 1 is 1.13 bits per heavy atom. The minimum Gasteiger partial charge on any atom is -0.497 e. The summed E-state index contributed by atoms with van der Waals surface area (Å²) in [6.45, 7) is 2.96. The largest absolute Gasteiger partial charge is 0.497 e. The molecule has 156 valence electrons. The van der Waals surface area contributed by atoms with Gasteiger partial charge in [-0.2, -0.15) is 0 Å². The molecule has 0 saturated carbocycles. The van der Waals surface area contributed by atoms with E-state index < -0.39 is 6.04 Å². The number of anilines is 1. The summed E-state index contributed by atoms with van der Waals surface area (Å²) in [5, 5.41) is 3.09. The monoisotopic (exact) mass is 407 g/mol. The Hall–Kier alpha value is -3.39. The van der Waals surface area contributed by atoms with Crippen molar-refractivity contribution in [3.05, 3.63) is 72.1 Å². The van der Waals surface area contributed by atoms with Crippen molar-refractivity contribution in [3.63, 3.8) is 0 Å². The molecule has 1 amide bonds. The van der Waals surface area contributed by atoms with Gasteiger partial charge in [0.05, 0.1) is 20.3 Å². The minimum absolute atomic E-state index is 0.256. The molecular formula is C22H25N5O3. The van der Waals surface area contributed by atoms with Crippen LogP contribution in [0.1, 0.15) is 27.9 Å². The number of hydrogen-bond donors (Lipinski definition) is 1. The Kier molecular flexibility index (Phi) is 5.94. The third-order valence-corrected chi connectivity index (χ3v) is 5.19. The van der Waals surface area contributed by atoms with Crippen LogP contribution >= 0.6 is 0 Å². The second-order valence-electron chi connectivity index (χ2n) is 7.07. The van der Waals surface area contributed by atoms with Crippen LogP contribution in [-0.4, -0.2) is 53.9 Å². The number of imidazole rings is 1. The lowest BCUT2D eigenvalue weighted by Gasteiger charge is -2.29. The van der Waals surface area contributed by atoms with Gasteiger partial charge in [-0.25, -0.2) is 4.98 Å². The molecule has 2 aromatic heterocycles. The zero-order valence-corrected chi connectivity index (χ0v) is 17.1. The van der Waals surface area contributed by atoms with Crippen molar-refractivity contribution in [3.8, 4) is 5.75 Å². The molecular weight excluding hydrogens is 382 g/mol. The summed E-state index contributed by atoms with van der Waals surface area (Å²) in [6.07, 6.45) is 5.24. The minimum atomic E-state index is -0.419. The molecule has 1 fully saturated rings. The fourth-order valence-corrected chi connectivity index (χ4v) is 3.52. The number of methoxy groups -OCH3 is 1. The molecule has 30 heavy (non-hydrogen) atoms. The quantitative estimate of drug-likeness (QED) is 0.675. The molecule has 1 aliphatic heterocycles. The van der Waals surface area contributed by atoms with Crippen molar-refractivity contribution < 1.29 is 14.3 Å². The first kappa shape index (κ1) is 19.9. The highest BCUT2D eigenvalue weighted by Gasteiger charge is 2.23. The van der Waals surface area contributed by atoms with E-state index in [4.69, 9.17) is 9.47 Å². The Bertz CT molecular complexity index is 996. The van der Waals surface area contributed by atoms with E-state index in [1.54, 1.807) is 19.5 Å². The average Bonchev–Trinajstić information content (AvgIpc) is 3.23. The summed E-state index contributed by atoms with van der Waals surface area (Å²) in [4.78, 5) is 24.1. The van der Waals surface area contributed by atoms with E-state index in [-0.39, 0.29) is 5.91 Å². The number of pyridine rings is 1. The number of morpholine rings is 1. The predicted octanol–water partition coefficient (Wildman–Crippen LogP) is 2.18. The third kappa shape index (κ3) is 4.28. The molecule has 0 radical (unpaired) electrons. The van der Waals surface area contributed by atoms with Crippen molar-refractivity contribution in [1.29, 1.82) is 0 Å². The maximum absolute atomic E-state index is 13.1. The van der Waals surface area contributed by atoms with Crippen LogP contribution in [0.4, 0.5) is 5.69 Å². The SMILES string of the molecule is COc1ccc(C(NC(=O)c2cc(N3CCOCC3)ccn2)c2nccn2C)cc1. The smallest absolute Gasteiger partial charge is 0.270 e. The van der Waals surface area contributed by atoms with E-state index in [2.05, 4.69) is 20.2 Å². The number of hydrogen-bond acceptors (Lipinski definition) is 6. The molecule has 1 atom stereocenters. The lowest BCUT2D eigenvalue weighted by Crippen LogP contribution is -2.36. The van der Waals surface area contributed by atoms with Gasteiger partial charge in [-0.1, -0.05) is 12.1 Å². The fourth-order valence-electron chi connectivity index (χ4n) is 3.52. The van der Waals surface area contributed by atoms with Gasteiger partial charge < -0.3 is 24.3 Å². The summed E-state index contributed by atoms with van der Waals surface area (Å²) in [5.41, 5.74) is 2.24. The number of ether oxygens (including phenoxy) is 2. The molecule has 1 aliphatic rings. The number of aryl methyl sites for hydroxylation is 1. The van der Waals surface area contributed by atoms with Crippen LogP contribution in [0.2, 0.25) is 0 Å². The molecule has 1 aromatic carbocycles. The zero-order valence-electron chi connectivity index (χ0n) is 17.1. The topological polar surface area (TPSA) is 81.5 Å². The van der Waals surface area contributed by atoms with Gasteiger partial charge in [0.2, 0.25) is 0 Å².